The number of benzene rings is 1. The Morgan fingerprint density at radius 1 is 1.56 bits per heavy atom. The highest BCUT2D eigenvalue weighted by molar-refractivity contribution is 5.80. The molecule has 0 radical (unpaired) electrons. The van der Waals surface area contributed by atoms with E-state index in [1.807, 2.05) is 13.0 Å². The van der Waals surface area contributed by atoms with Gasteiger partial charge in [0.1, 0.15) is 5.82 Å². The van der Waals surface area contributed by atoms with Crippen molar-refractivity contribution in [2.75, 3.05) is 6.54 Å². The fourth-order valence-corrected chi connectivity index (χ4v) is 2.50. The summed E-state index contributed by atoms with van der Waals surface area (Å²) in [5, 5.41) is 0. The Balaban J connectivity index is 2.33. The summed E-state index contributed by atoms with van der Waals surface area (Å²) in [6.45, 7) is 6.86. The lowest BCUT2D eigenvalue weighted by Gasteiger charge is -2.32. The molecule has 0 spiro atoms. The largest absolute Gasteiger partial charge is 0.370 e. The average Bonchev–Trinajstić information content (AvgIpc) is 2.70. The third-order valence-electron chi connectivity index (χ3n) is 3.68. The molecule has 0 saturated heterocycles. The van der Waals surface area contributed by atoms with Crippen molar-refractivity contribution in [1.82, 2.24) is 4.90 Å². The fraction of sp³-hybridized carbons (Fsp3) is 0.500. The van der Waals surface area contributed by atoms with Gasteiger partial charge >= 0.3 is 0 Å². The smallest absolute Gasteiger partial charge is 0.192 e. The zero-order chi connectivity index (χ0) is 13.3. The van der Waals surface area contributed by atoms with Gasteiger partial charge in [0.2, 0.25) is 0 Å². The van der Waals surface area contributed by atoms with Crippen LogP contribution in [0.15, 0.2) is 23.2 Å². The minimum absolute atomic E-state index is 0.139. The molecule has 1 aromatic rings. The Kier molecular flexibility index (Phi) is 3.55. The van der Waals surface area contributed by atoms with E-state index >= 15 is 0 Å². The van der Waals surface area contributed by atoms with Crippen LogP contribution in [0.2, 0.25) is 0 Å². The first kappa shape index (κ1) is 12.9. The molecule has 0 amide bonds. The Hall–Kier alpha value is -1.58. The lowest BCUT2D eigenvalue weighted by atomic mass is 9.99. The standard InChI is InChI=1S/C14H20FN3/c1-4-10(3)18-13(8-17-14(18)16)12-6-5-11(15)7-9(12)2/h5-7,10,13H,4,8H2,1-3H3,(H2,16,17). The van der Waals surface area contributed by atoms with Crippen molar-refractivity contribution in [2.24, 2.45) is 10.7 Å². The fourth-order valence-electron chi connectivity index (χ4n) is 2.50. The van der Waals surface area contributed by atoms with Gasteiger partial charge in [0, 0.05) is 6.04 Å². The van der Waals surface area contributed by atoms with Crippen molar-refractivity contribution >= 4 is 5.96 Å². The van der Waals surface area contributed by atoms with Crippen LogP contribution in [0.25, 0.3) is 0 Å². The van der Waals surface area contributed by atoms with Crippen LogP contribution in [0, 0.1) is 12.7 Å². The lowest BCUT2D eigenvalue weighted by Crippen LogP contribution is -2.42. The number of rotatable bonds is 3. The Morgan fingerprint density at radius 2 is 2.28 bits per heavy atom. The average molecular weight is 249 g/mol. The molecule has 2 rings (SSSR count). The van der Waals surface area contributed by atoms with E-state index in [-0.39, 0.29) is 11.9 Å². The Labute approximate surface area is 108 Å². The maximum Gasteiger partial charge on any atom is 0.192 e. The van der Waals surface area contributed by atoms with E-state index in [4.69, 9.17) is 5.73 Å². The summed E-state index contributed by atoms with van der Waals surface area (Å²) >= 11 is 0. The van der Waals surface area contributed by atoms with Gasteiger partial charge < -0.3 is 10.6 Å². The Bertz CT molecular complexity index is 470. The van der Waals surface area contributed by atoms with Crippen LogP contribution in [0.1, 0.15) is 37.4 Å². The van der Waals surface area contributed by atoms with Gasteiger partial charge in [0.15, 0.2) is 5.96 Å². The normalized spacial score (nSPS) is 21.0. The number of nitrogens with two attached hydrogens (primary N) is 1. The monoisotopic (exact) mass is 249 g/mol. The predicted octanol–water partition coefficient (Wildman–Crippen LogP) is 2.60. The van der Waals surface area contributed by atoms with Crippen molar-refractivity contribution < 1.29 is 4.39 Å². The third kappa shape index (κ3) is 2.19. The zero-order valence-corrected chi connectivity index (χ0v) is 11.2. The van der Waals surface area contributed by atoms with Crippen molar-refractivity contribution in [3.8, 4) is 0 Å². The van der Waals surface area contributed by atoms with Gasteiger partial charge in [-0.05, 0) is 43.5 Å². The van der Waals surface area contributed by atoms with Gasteiger partial charge in [-0.3, -0.25) is 4.99 Å². The van der Waals surface area contributed by atoms with Gasteiger partial charge in [-0.25, -0.2) is 4.39 Å². The molecular weight excluding hydrogens is 229 g/mol. The van der Waals surface area contributed by atoms with E-state index in [9.17, 15) is 4.39 Å². The molecule has 1 aliphatic heterocycles. The minimum atomic E-state index is -0.196. The van der Waals surface area contributed by atoms with E-state index in [1.165, 1.54) is 6.07 Å². The highest BCUT2D eigenvalue weighted by Crippen LogP contribution is 2.30. The molecule has 2 N–H and O–H groups in total. The number of halogens is 1. The van der Waals surface area contributed by atoms with Gasteiger partial charge in [0.05, 0.1) is 12.6 Å². The molecule has 1 aliphatic rings. The van der Waals surface area contributed by atoms with Gasteiger partial charge in [0.25, 0.3) is 0 Å². The molecule has 0 saturated carbocycles. The first-order valence-electron chi connectivity index (χ1n) is 6.39. The second kappa shape index (κ2) is 4.96. The molecule has 3 nitrogen and oxygen atoms in total. The van der Waals surface area contributed by atoms with E-state index in [0.717, 1.165) is 17.5 Å². The molecule has 18 heavy (non-hydrogen) atoms. The van der Waals surface area contributed by atoms with Crippen molar-refractivity contribution in [1.29, 1.82) is 0 Å². The number of hydrogen-bond donors (Lipinski definition) is 1. The number of hydrogen-bond acceptors (Lipinski definition) is 3. The maximum atomic E-state index is 13.2. The summed E-state index contributed by atoms with van der Waals surface area (Å²) in [6, 6.07) is 5.40. The van der Waals surface area contributed by atoms with E-state index in [1.54, 1.807) is 6.07 Å². The van der Waals surface area contributed by atoms with Gasteiger partial charge in [-0.1, -0.05) is 13.0 Å². The van der Waals surface area contributed by atoms with Crippen LogP contribution in [-0.2, 0) is 0 Å². The SMILES string of the molecule is CCC(C)N1C(N)=NCC1c1ccc(F)cc1C. The Morgan fingerprint density at radius 3 is 2.89 bits per heavy atom. The highest BCUT2D eigenvalue weighted by Gasteiger charge is 2.31. The van der Waals surface area contributed by atoms with E-state index in [0.29, 0.717) is 18.5 Å². The molecular formula is C14H20FN3. The van der Waals surface area contributed by atoms with E-state index in [2.05, 4.69) is 23.7 Å². The third-order valence-corrected chi connectivity index (χ3v) is 3.68. The molecule has 1 aromatic carbocycles. The maximum absolute atomic E-state index is 13.2. The molecule has 4 heteroatoms. The molecule has 0 fully saturated rings. The summed E-state index contributed by atoms with van der Waals surface area (Å²) in [7, 11) is 0. The molecule has 98 valence electrons. The van der Waals surface area contributed by atoms with E-state index < -0.39 is 0 Å². The van der Waals surface area contributed by atoms with Crippen LogP contribution in [-0.4, -0.2) is 23.4 Å². The molecule has 0 aliphatic carbocycles. The summed E-state index contributed by atoms with van der Waals surface area (Å²) in [6.07, 6.45) is 1.01. The highest BCUT2D eigenvalue weighted by atomic mass is 19.1. The first-order chi connectivity index (χ1) is 8.54. The van der Waals surface area contributed by atoms with Crippen molar-refractivity contribution in [2.45, 2.75) is 39.3 Å². The van der Waals surface area contributed by atoms with Crippen molar-refractivity contribution in [3.63, 3.8) is 0 Å². The minimum Gasteiger partial charge on any atom is -0.370 e. The topological polar surface area (TPSA) is 41.6 Å². The molecule has 0 aromatic heterocycles. The molecule has 2 unspecified atom stereocenters. The van der Waals surface area contributed by atoms with Gasteiger partial charge in [-0.2, -0.15) is 0 Å². The van der Waals surface area contributed by atoms with Crippen LogP contribution >= 0.6 is 0 Å². The number of guanidine groups is 1. The predicted molar refractivity (Wildman–Crippen MR) is 72.0 cm³/mol. The van der Waals surface area contributed by atoms with Crippen LogP contribution in [0.5, 0.6) is 0 Å². The van der Waals surface area contributed by atoms with Crippen LogP contribution in [0.4, 0.5) is 4.39 Å². The second-order valence-electron chi connectivity index (χ2n) is 4.88. The number of aryl methyl sites for hydroxylation is 1. The second-order valence-corrected chi connectivity index (χ2v) is 4.88. The number of nitrogens with zero attached hydrogens (tertiary/aromatic N) is 2. The molecule has 0 bridgehead atoms. The van der Waals surface area contributed by atoms with Gasteiger partial charge in [-0.15, -0.1) is 0 Å². The van der Waals surface area contributed by atoms with Crippen LogP contribution < -0.4 is 5.73 Å². The van der Waals surface area contributed by atoms with Crippen LogP contribution in [0.3, 0.4) is 0 Å². The zero-order valence-electron chi connectivity index (χ0n) is 11.2. The summed E-state index contributed by atoms with van der Waals surface area (Å²) in [5.74, 6) is 0.399. The molecule has 1 heterocycles. The van der Waals surface area contributed by atoms with Crippen molar-refractivity contribution in [3.05, 3.63) is 35.1 Å². The number of aliphatic imine (C=N–C) groups is 1. The quantitative estimate of drug-likeness (QED) is 0.894. The first-order valence-corrected chi connectivity index (χ1v) is 6.39. The molecule has 2 atom stereocenters. The lowest BCUT2D eigenvalue weighted by molar-refractivity contribution is 0.267. The summed E-state index contributed by atoms with van der Waals surface area (Å²) < 4.78 is 13.2. The summed E-state index contributed by atoms with van der Waals surface area (Å²) in [5.41, 5.74) is 8.03. The summed E-state index contributed by atoms with van der Waals surface area (Å²) in [4.78, 5) is 6.47.